The van der Waals surface area contributed by atoms with E-state index >= 15 is 0 Å². The molecule has 1 N–H and O–H groups in total. The molecule has 0 saturated heterocycles. The minimum absolute atomic E-state index is 0.125. The highest BCUT2D eigenvalue weighted by molar-refractivity contribution is 5.43. The number of nitrogens with zero attached hydrogens (tertiary/aromatic N) is 2. The van der Waals surface area contributed by atoms with Gasteiger partial charge in [0.2, 0.25) is 0 Å². The minimum atomic E-state index is 0.125. The van der Waals surface area contributed by atoms with Crippen LogP contribution in [0.25, 0.3) is 0 Å². The quantitative estimate of drug-likeness (QED) is 0.806. The lowest BCUT2D eigenvalue weighted by atomic mass is 10.2. The van der Waals surface area contributed by atoms with Gasteiger partial charge >= 0.3 is 0 Å². The number of ether oxygens (including phenoxy) is 2. The average Bonchev–Trinajstić information content (AvgIpc) is 2.56. The van der Waals surface area contributed by atoms with Crippen molar-refractivity contribution in [3.8, 4) is 11.5 Å². The van der Waals surface area contributed by atoms with Crippen LogP contribution in [0, 0.1) is 0 Å². The fourth-order valence-electron chi connectivity index (χ4n) is 2.31. The fraction of sp³-hybridized carbons (Fsp3) is 0.421. The van der Waals surface area contributed by atoms with Crippen LogP contribution in [-0.2, 0) is 13.1 Å². The molecule has 0 atom stereocenters. The molecule has 0 unspecified atom stereocenters. The summed E-state index contributed by atoms with van der Waals surface area (Å²) in [5.74, 6) is 2.50. The summed E-state index contributed by atoms with van der Waals surface area (Å²) in [6, 6.07) is 10.1. The van der Waals surface area contributed by atoms with Crippen molar-refractivity contribution in [1.82, 2.24) is 10.3 Å². The monoisotopic (exact) mass is 329 g/mol. The molecular formula is C19H27N3O2. The first-order valence-electron chi connectivity index (χ1n) is 8.16. The highest BCUT2D eigenvalue weighted by Gasteiger charge is 2.07. The van der Waals surface area contributed by atoms with Gasteiger partial charge < -0.3 is 19.7 Å². The van der Waals surface area contributed by atoms with Gasteiger partial charge in [-0.1, -0.05) is 12.1 Å². The van der Waals surface area contributed by atoms with Crippen LogP contribution in [0.1, 0.15) is 25.0 Å². The summed E-state index contributed by atoms with van der Waals surface area (Å²) in [7, 11) is 5.64. The molecule has 0 fully saturated rings. The summed E-state index contributed by atoms with van der Waals surface area (Å²) in [6.45, 7) is 5.54. The van der Waals surface area contributed by atoms with Gasteiger partial charge in [0, 0.05) is 33.4 Å². The van der Waals surface area contributed by atoms with Crippen LogP contribution in [0.4, 0.5) is 5.82 Å². The van der Waals surface area contributed by atoms with Crippen LogP contribution in [0.5, 0.6) is 11.5 Å². The van der Waals surface area contributed by atoms with Crippen LogP contribution in [0.3, 0.4) is 0 Å². The molecular weight excluding hydrogens is 302 g/mol. The number of pyridine rings is 1. The Morgan fingerprint density at radius 3 is 2.33 bits per heavy atom. The number of hydrogen-bond donors (Lipinski definition) is 1. The molecule has 2 aromatic rings. The molecule has 0 aliphatic carbocycles. The highest BCUT2D eigenvalue weighted by atomic mass is 16.5. The molecule has 0 radical (unpaired) electrons. The van der Waals surface area contributed by atoms with E-state index in [9.17, 15) is 0 Å². The fourth-order valence-corrected chi connectivity index (χ4v) is 2.31. The SMILES string of the molecule is COc1cc(CNCc2ccc(N(C)C)nc2)ccc1OC(C)C. The molecule has 0 saturated carbocycles. The number of methoxy groups -OCH3 is 1. The summed E-state index contributed by atoms with van der Waals surface area (Å²) < 4.78 is 11.2. The van der Waals surface area contributed by atoms with Crippen molar-refractivity contribution < 1.29 is 9.47 Å². The van der Waals surface area contributed by atoms with E-state index in [0.717, 1.165) is 41.5 Å². The van der Waals surface area contributed by atoms with Gasteiger partial charge in [-0.2, -0.15) is 0 Å². The van der Waals surface area contributed by atoms with E-state index in [4.69, 9.17) is 9.47 Å². The first-order valence-corrected chi connectivity index (χ1v) is 8.16. The number of aromatic nitrogens is 1. The minimum Gasteiger partial charge on any atom is -0.493 e. The number of benzene rings is 1. The molecule has 0 amide bonds. The molecule has 1 aromatic carbocycles. The van der Waals surface area contributed by atoms with Crippen molar-refractivity contribution >= 4 is 5.82 Å². The second kappa shape index (κ2) is 8.55. The lowest BCUT2D eigenvalue weighted by Gasteiger charge is -2.15. The molecule has 2 rings (SSSR count). The van der Waals surface area contributed by atoms with Gasteiger partial charge in [0.15, 0.2) is 11.5 Å². The van der Waals surface area contributed by atoms with Gasteiger partial charge in [0.1, 0.15) is 5.82 Å². The molecule has 0 aliphatic heterocycles. The van der Waals surface area contributed by atoms with Crippen molar-refractivity contribution in [3.05, 3.63) is 47.7 Å². The third-order valence-electron chi connectivity index (χ3n) is 3.52. The summed E-state index contributed by atoms with van der Waals surface area (Å²) >= 11 is 0. The van der Waals surface area contributed by atoms with Crippen molar-refractivity contribution in [2.24, 2.45) is 0 Å². The summed E-state index contributed by atoms with van der Waals surface area (Å²) in [4.78, 5) is 6.41. The first kappa shape index (κ1) is 18.1. The van der Waals surface area contributed by atoms with E-state index < -0.39 is 0 Å². The maximum atomic E-state index is 5.74. The predicted molar refractivity (Wildman–Crippen MR) is 97.9 cm³/mol. The van der Waals surface area contributed by atoms with E-state index in [-0.39, 0.29) is 6.10 Å². The second-order valence-electron chi connectivity index (χ2n) is 6.17. The van der Waals surface area contributed by atoms with E-state index in [2.05, 4.69) is 22.4 Å². The zero-order valence-corrected chi connectivity index (χ0v) is 15.2. The average molecular weight is 329 g/mol. The van der Waals surface area contributed by atoms with Gasteiger partial charge in [-0.15, -0.1) is 0 Å². The van der Waals surface area contributed by atoms with Crippen LogP contribution in [0.2, 0.25) is 0 Å². The van der Waals surface area contributed by atoms with Crippen LogP contribution in [-0.4, -0.2) is 32.3 Å². The number of anilines is 1. The largest absolute Gasteiger partial charge is 0.493 e. The Labute approximate surface area is 144 Å². The lowest BCUT2D eigenvalue weighted by Crippen LogP contribution is -2.14. The zero-order chi connectivity index (χ0) is 17.5. The number of rotatable bonds is 8. The molecule has 1 heterocycles. The van der Waals surface area contributed by atoms with Crippen molar-refractivity contribution in [3.63, 3.8) is 0 Å². The Bertz CT molecular complexity index is 640. The van der Waals surface area contributed by atoms with E-state index in [1.807, 2.05) is 57.2 Å². The van der Waals surface area contributed by atoms with Gasteiger partial charge in [-0.05, 0) is 43.2 Å². The van der Waals surface area contributed by atoms with E-state index in [1.54, 1.807) is 7.11 Å². The predicted octanol–water partition coefficient (Wildman–Crippen LogP) is 3.23. The molecule has 0 aliphatic rings. The molecule has 1 aromatic heterocycles. The standard InChI is InChI=1S/C19H27N3O2/c1-14(2)24-17-8-6-15(10-18(17)23-5)11-20-12-16-7-9-19(21-13-16)22(3)4/h6-10,13-14,20H,11-12H2,1-5H3. The van der Waals surface area contributed by atoms with E-state index in [1.165, 1.54) is 0 Å². The van der Waals surface area contributed by atoms with Crippen molar-refractivity contribution in [2.75, 3.05) is 26.1 Å². The third kappa shape index (κ3) is 5.13. The number of hydrogen-bond acceptors (Lipinski definition) is 5. The van der Waals surface area contributed by atoms with Crippen LogP contribution < -0.4 is 19.7 Å². The Hall–Kier alpha value is -2.27. The Morgan fingerprint density at radius 2 is 1.75 bits per heavy atom. The van der Waals surface area contributed by atoms with Gasteiger partial charge in [0.05, 0.1) is 13.2 Å². The molecule has 130 valence electrons. The molecule has 5 heteroatoms. The molecule has 5 nitrogen and oxygen atoms in total. The maximum absolute atomic E-state index is 5.74. The van der Waals surface area contributed by atoms with Crippen LogP contribution >= 0.6 is 0 Å². The number of nitrogens with one attached hydrogen (secondary N) is 1. The Morgan fingerprint density at radius 1 is 1.04 bits per heavy atom. The molecule has 0 spiro atoms. The topological polar surface area (TPSA) is 46.6 Å². The Kier molecular flexibility index (Phi) is 6.44. The van der Waals surface area contributed by atoms with Gasteiger partial charge in [0.25, 0.3) is 0 Å². The van der Waals surface area contributed by atoms with Crippen molar-refractivity contribution in [2.45, 2.75) is 33.0 Å². The molecule has 24 heavy (non-hydrogen) atoms. The highest BCUT2D eigenvalue weighted by Crippen LogP contribution is 2.28. The maximum Gasteiger partial charge on any atom is 0.161 e. The lowest BCUT2D eigenvalue weighted by molar-refractivity contribution is 0.230. The molecule has 0 bridgehead atoms. The van der Waals surface area contributed by atoms with Gasteiger partial charge in [-0.3, -0.25) is 0 Å². The van der Waals surface area contributed by atoms with Gasteiger partial charge in [-0.25, -0.2) is 4.98 Å². The summed E-state index contributed by atoms with van der Waals surface area (Å²) in [6.07, 6.45) is 2.03. The summed E-state index contributed by atoms with van der Waals surface area (Å²) in [5.41, 5.74) is 2.31. The smallest absolute Gasteiger partial charge is 0.161 e. The normalized spacial score (nSPS) is 10.8. The van der Waals surface area contributed by atoms with Crippen LogP contribution in [0.15, 0.2) is 36.5 Å². The summed E-state index contributed by atoms with van der Waals surface area (Å²) in [5, 5.41) is 3.43. The van der Waals surface area contributed by atoms with Crippen molar-refractivity contribution in [1.29, 1.82) is 0 Å². The third-order valence-corrected chi connectivity index (χ3v) is 3.52. The first-order chi connectivity index (χ1) is 11.5. The van der Waals surface area contributed by atoms with E-state index in [0.29, 0.717) is 0 Å². The zero-order valence-electron chi connectivity index (χ0n) is 15.2. The second-order valence-corrected chi connectivity index (χ2v) is 6.17. The Balaban J connectivity index is 1.92.